The molecule has 1 amide bonds. The van der Waals surface area contributed by atoms with Gasteiger partial charge >= 0.3 is 0 Å². The molecule has 0 saturated heterocycles. The minimum absolute atomic E-state index is 0.366. The maximum absolute atomic E-state index is 12.3. The maximum atomic E-state index is 12.3. The van der Waals surface area contributed by atoms with Crippen molar-refractivity contribution >= 4 is 28.1 Å². The molecular formula is C24H23BrN2O4. The number of ether oxygens (including phenoxy) is 3. The fourth-order valence-electron chi connectivity index (χ4n) is 2.68. The normalized spacial score (nSPS) is 11.7. The lowest BCUT2D eigenvalue weighted by Gasteiger charge is -2.13. The van der Waals surface area contributed by atoms with Gasteiger partial charge in [-0.1, -0.05) is 46.3 Å². The molecule has 0 heterocycles. The standard InChI is InChI=1S/C24H23BrN2O4/c1-17(24(28)27-26-15-19-14-20(25)8-13-23(19)29-2)31-22-11-9-21(10-12-22)30-16-18-6-4-3-5-7-18/h3-15,17H,16H2,1-2H3,(H,27,28). The predicted octanol–water partition coefficient (Wildman–Crippen LogP) is 4.95. The van der Waals surface area contributed by atoms with Gasteiger partial charge in [0.25, 0.3) is 5.91 Å². The summed E-state index contributed by atoms with van der Waals surface area (Å²) in [5.41, 5.74) is 4.31. The summed E-state index contributed by atoms with van der Waals surface area (Å²) in [5, 5.41) is 4.00. The lowest BCUT2D eigenvalue weighted by Crippen LogP contribution is -2.33. The van der Waals surface area contributed by atoms with E-state index in [1.807, 2.05) is 48.5 Å². The molecule has 0 radical (unpaired) electrons. The number of carbonyl (C=O) groups excluding carboxylic acids is 1. The van der Waals surface area contributed by atoms with Gasteiger partial charge in [-0.3, -0.25) is 4.79 Å². The summed E-state index contributed by atoms with van der Waals surface area (Å²) in [5.74, 6) is 1.57. The quantitative estimate of drug-likeness (QED) is 0.345. The number of carbonyl (C=O) groups is 1. The van der Waals surface area contributed by atoms with Gasteiger partial charge in [0.15, 0.2) is 6.10 Å². The minimum Gasteiger partial charge on any atom is -0.496 e. The van der Waals surface area contributed by atoms with Gasteiger partial charge in [0.2, 0.25) is 0 Å². The zero-order valence-electron chi connectivity index (χ0n) is 17.2. The Morgan fingerprint density at radius 3 is 2.48 bits per heavy atom. The van der Waals surface area contributed by atoms with Crippen molar-refractivity contribution < 1.29 is 19.0 Å². The van der Waals surface area contributed by atoms with Crippen LogP contribution >= 0.6 is 15.9 Å². The summed E-state index contributed by atoms with van der Waals surface area (Å²) < 4.78 is 17.6. The number of hydrogen-bond donors (Lipinski definition) is 1. The summed E-state index contributed by atoms with van der Waals surface area (Å²) in [4.78, 5) is 12.3. The van der Waals surface area contributed by atoms with Crippen LogP contribution in [0.25, 0.3) is 0 Å². The zero-order valence-corrected chi connectivity index (χ0v) is 18.8. The van der Waals surface area contributed by atoms with Crippen LogP contribution in [0.2, 0.25) is 0 Å². The van der Waals surface area contributed by atoms with Gasteiger partial charge < -0.3 is 14.2 Å². The highest BCUT2D eigenvalue weighted by molar-refractivity contribution is 9.10. The first-order valence-electron chi connectivity index (χ1n) is 9.65. The first-order valence-corrected chi connectivity index (χ1v) is 10.4. The number of amides is 1. The molecule has 0 spiro atoms. The molecule has 31 heavy (non-hydrogen) atoms. The van der Waals surface area contributed by atoms with Crippen molar-refractivity contribution in [3.8, 4) is 17.2 Å². The van der Waals surface area contributed by atoms with E-state index in [0.29, 0.717) is 18.1 Å². The topological polar surface area (TPSA) is 69.2 Å². The molecule has 160 valence electrons. The fourth-order valence-corrected chi connectivity index (χ4v) is 3.05. The third-order valence-electron chi connectivity index (χ3n) is 4.32. The number of methoxy groups -OCH3 is 1. The average Bonchev–Trinajstić information content (AvgIpc) is 2.79. The van der Waals surface area contributed by atoms with E-state index < -0.39 is 6.10 Å². The average molecular weight is 483 g/mol. The van der Waals surface area contributed by atoms with Crippen molar-refractivity contribution in [1.29, 1.82) is 0 Å². The fraction of sp³-hybridized carbons (Fsp3) is 0.167. The van der Waals surface area contributed by atoms with Crippen molar-refractivity contribution in [3.63, 3.8) is 0 Å². The highest BCUT2D eigenvalue weighted by Gasteiger charge is 2.14. The van der Waals surface area contributed by atoms with E-state index in [-0.39, 0.29) is 5.91 Å². The number of rotatable bonds is 9. The Kier molecular flexibility index (Phi) is 8.06. The Labute approximate surface area is 190 Å². The van der Waals surface area contributed by atoms with E-state index in [9.17, 15) is 4.79 Å². The highest BCUT2D eigenvalue weighted by Crippen LogP contribution is 2.21. The first-order chi connectivity index (χ1) is 15.0. The molecule has 7 heteroatoms. The second-order valence-corrected chi connectivity index (χ2v) is 7.54. The van der Waals surface area contributed by atoms with Crippen molar-refractivity contribution in [2.24, 2.45) is 5.10 Å². The van der Waals surface area contributed by atoms with Gasteiger partial charge in [-0.05, 0) is 55.0 Å². The van der Waals surface area contributed by atoms with Gasteiger partial charge in [0.1, 0.15) is 23.9 Å². The molecule has 0 aliphatic carbocycles. The summed E-state index contributed by atoms with van der Waals surface area (Å²) in [7, 11) is 1.58. The summed E-state index contributed by atoms with van der Waals surface area (Å²) in [6, 6.07) is 22.6. The van der Waals surface area contributed by atoms with Gasteiger partial charge in [0, 0.05) is 10.0 Å². The molecule has 3 rings (SSSR count). The van der Waals surface area contributed by atoms with E-state index in [0.717, 1.165) is 21.3 Å². The highest BCUT2D eigenvalue weighted by atomic mass is 79.9. The van der Waals surface area contributed by atoms with Gasteiger partial charge in [-0.15, -0.1) is 0 Å². The van der Waals surface area contributed by atoms with Crippen molar-refractivity contribution in [3.05, 3.63) is 88.4 Å². The molecule has 1 unspecified atom stereocenters. The smallest absolute Gasteiger partial charge is 0.280 e. The van der Waals surface area contributed by atoms with Crippen LogP contribution in [0.1, 0.15) is 18.1 Å². The molecule has 0 aliphatic heterocycles. The van der Waals surface area contributed by atoms with Gasteiger partial charge in [-0.2, -0.15) is 5.10 Å². The van der Waals surface area contributed by atoms with E-state index in [1.54, 1.807) is 38.3 Å². The molecule has 6 nitrogen and oxygen atoms in total. The molecule has 0 aliphatic rings. The molecular weight excluding hydrogens is 460 g/mol. The third-order valence-corrected chi connectivity index (χ3v) is 4.82. The van der Waals surface area contributed by atoms with Crippen LogP contribution in [-0.2, 0) is 11.4 Å². The van der Waals surface area contributed by atoms with Crippen LogP contribution in [0.4, 0.5) is 0 Å². The molecule has 0 aromatic heterocycles. The summed E-state index contributed by atoms with van der Waals surface area (Å²) in [6.07, 6.45) is 0.797. The van der Waals surface area contributed by atoms with Crippen molar-refractivity contribution in [2.75, 3.05) is 7.11 Å². The molecule has 0 bridgehead atoms. The number of nitrogens with zero attached hydrogens (tertiary/aromatic N) is 1. The molecule has 1 atom stereocenters. The lowest BCUT2D eigenvalue weighted by atomic mass is 10.2. The van der Waals surface area contributed by atoms with E-state index in [4.69, 9.17) is 14.2 Å². The number of hydrogen-bond acceptors (Lipinski definition) is 5. The third kappa shape index (κ3) is 6.86. The van der Waals surface area contributed by atoms with E-state index in [1.165, 1.54) is 6.21 Å². The molecule has 0 fully saturated rings. The Balaban J connectivity index is 1.49. The lowest BCUT2D eigenvalue weighted by molar-refractivity contribution is -0.127. The van der Waals surface area contributed by atoms with Crippen LogP contribution in [0.5, 0.6) is 17.2 Å². The Morgan fingerprint density at radius 2 is 1.77 bits per heavy atom. The largest absolute Gasteiger partial charge is 0.496 e. The van der Waals surface area contributed by atoms with E-state index >= 15 is 0 Å². The summed E-state index contributed by atoms with van der Waals surface area (Å²) in [6.45, 7) is 2.14. The summed E-state index contributed by atoms with van der Waals surface area (Å²) >= 11 is 3.40. The maximum Gasteiger partial charge on any atom is 0.280 e. The predicted molar refractivity (Wildman–Crippen MR) is 124 cm³/mol. The van der Waals surface area contributed by atoms with Crippen LogP contribution in [0.3, 0.4) is 0 Å². The van der Waals surface area contributed by atoms with Gasteiger partial charge in [-0.25, -0.2) is 5.43 Å². The Hall–Kier alpha value is -3.32. The molecule has 3 aromatic carbocycles. The van der Waals surface area contributed by atoms with Crippen LogP contribution in [-0.4, -0.2) is 25.3 Å². The Morgan fingerprint density at radius 1 is 1.06 bits per heavy atom. The van der Waals surface area contributed by atoms with E-state index in [2.05, 4.69) is 26.5 Å². The second-order valence-electron chi connectivity index (χ2n) is 6.63. The Bertz CT molecular complexity index is 1020. The minimum atomic E-state index is -0.724. The monoisotopic (exact) mass is 482 g/mol. The van der Waals surface area contributed by atoms with Crippen LogP contribution in [0.15, 0.2) is 82.4 Å². The molecule has 1 N–H and O–H groups in total. The number of benzene rings is 3. The first kappa shape index (κ1) is 22.4. The molecule has 3 aromatic rings. The SMILES string of the molecule is COc1ccc(Br)cc1C=NNC(=O)C(C)Oc1ccc(OCc2ccccc2)cc1. The number of nitrogens with one attached hydrogen (secondary N) is 1. The number of hydrazone groups is 1. The number of halogens is 1. The molecule has 0 saturated carbocycles. The van der Waals surface area contributed by atoms with Gasteiger partial charge in [0.05, 0.1) is 13.3 Å². The van der Waals surface area contributed by atoms with Crippen LogP contribution < -0.4 is 19.6 Å². The van der Waals surface area contributed by atoms with Crippen molar-refractivity contribution in [2.45, 2.75) is 19.6 Å². The second kappa shape index (κ2) is 11.2. The van der Waals surface area contributed by atoms with Crippen LogP contribution in [0, 0.1) is 0 Å². The zero-order chi connectivity index (χ0) is 22.1. The van der Waals surface area contributed by atoms with Crippen molar-refractivity contribution in [1.82, 2.24) is 5.43 Å².